The van der Waals surface area contributed by atoms with Crippen molar-refractivity contribution in [2.45, 2.75) is 26.8 Å². The molecule has 17 heavy (non-hydrogen) atoms. The molecule has 9 heteroatoms. The second-order valence-corrected chi connectivity index (χ2v) is 4.08. The normalized spacial score (nSPS) is 14.4. The van der Waals surface area contributed by atoms with Gasteiger partial charge in [-0.25, -0.2) is 0 Å². The number of oxime groups is 1. The van der Waals surface area contributed by atoms with Gasteiger partial charge in [0.05, 0.1) is 6.04 Å². The summed E-state index contributed by atoms with van der Waals surface area (Å²) in [6.07, 6.45) is 0. The summed E-state index contributed by atoms with van der Waals surface area (Å²) in [5.41, 5.74) is 4.32. The van der Waals surface area contributed by atoms with E-state index in [1.807, 2.05) is 0 Å². The van der Waals surface area contributed by atoms with Gasteiger partial charge >= 0.3 is 0 Å². The van der Waals surface area contributed by atoms with Crippen molar-refractivity contribution in [3.63, 3.8) is 0 Å². The van der Waals surface area contributed by atoms with Gasteiger partial charge in [-0.3, -0.25) is 4.79 Å². The van der Waals surface area contributed by atoms with E-state index in [0.29, 0.717) is 5.82 Å². The number of aromatic nitrogens is 4. The summed E-state index contributed by atoms with van der Waals surface area (Å²) >= 11 is 0. The van der Waals surface area contributed by atoms with Gasteiger partial charge in [-0.05, 0) is 20.8 Å². The lowest BCUT2D eigenvalue weighted by Gasteiger charge is -2.23. The molecule has 0 aliphatic heterocycles. The van der Waals surface area contributed by atoms with E-state index in [4.69, 9.17) is 10.9 Å². The van der Waals surface area contributed by atoms with E-state index in [2.05, 4.69) is 31.1 Å². The van der Waals surface area contributed by atoms with E-state index in [-0.39, 0.29) is 5.84 Å². The Kier molecular flexibility index (Phi) is 3.61. The molecule has 1 unspecified atom stereocenters. The number of hydrogen-bond donors (Lipinski definition) is 4. The van der Waals surface area contributed by atoms with E-state index < -0.39 is 17.4 Å². The molecule has 1 amide bonds. The summed E-state index contributed by atoms with van der Waals surface area (Å²) in [7, 11) is 0. The zero-order chi connectivity index (χ0) is 13.1. The lowest BCUT2D eigenvalue weighted by Crippen LogP contribution is -2.46. The van der Waals surface area contributed by atoms with Crippen LogP contribution in [0.3, 0.4) is 0 Å². The van der Waals surface area contributed by atoms with Crippen LogP contribution in [0.2, 0.25) is 0 Å². The van der Waals surface area contributed by atoms with E-state index in [1.54, 1.807) is 20.8 Å². The lowest BCUT2D eigenvalue weighted by molar-refractivity contribution is -0.127. The number of nitrogens with two attached hydrogens (primary N) is 1. The number of rotatable bonds is 4. The summed E-state index contributed by atoms with van der Waals surface area (Å²) < 4.78 is 0. The Morgan fingerprint density at radius 3 is 2.76 bits per heavy atom. The Hall–Kier alpha value is -2.19. The maximum Gasteiger partial charge on any atom is 0.233 e. The van der Waals surface area contributed by atoms with Crippen LogP contribution in [0.1, 0.15) is 32.6 Å². The predicted octanol–water partition coefficient (Wildman–Crippen LogP) is -0.850. The van der Waals surface area contributed by atoms with Crippen LogP contribution in [-0.4, -0.2) is 37.6 Å². The second-order valence-electron chi connectivity index (χ2n) is 4.08. The fraction of sp³-hybridized carbons (Fsp3) is 0.625. The van der Waals surface area contributed by atoms with Gasteiger partial charge in [-0.1, -0.05) is 10.4 Å². The molecule has 1 aromatic heterocycles. The first-order valence-corrected chi connectivity index (χ1v) is 4.92. The largest absolute Gasteiger partial charge is 0.409 e. The van der Waals surface area contributed by atoms with Crippen molar-refractivity contribution >= 4 is 11.7 Å². The van der Waals surface area contributed by atoms with Crippen molar-refractivity contribution in [3.05, 3.63) is 5.82 Å². The smallest absolute Gasteiger partial charge is 0.233 e. The highest BCUT2D eigenvalue weighted by atomic mass is 16.4. The van der Waals surface area contributed by atoms with E-state index in [0.717, 1.165) is 0 Å². The fourth-order valence-electron chi connectivity index (χ4n) is 1.04. The third-order valence-corrected chi connectivity index (χ3v) is 2.41. The minimum atomic E-state index is -1.12. The van der Waals surface area contributed by atoms with Gasteiger partial charge < -0.3 is 16.3 Å². The van der Waals surface area contributed by atoms with Crippen LogP contribution >= 0.6 is 0 Å². The van der Waals surface area contributed by atoms with Crippen molar-refractivity contribution in [2.24, 2.45) is 16.3 Å². The third kappa shape index (κ3) is 2.68. The number of carbonyl (C=O) groups excluding carboxylic acids is 1. The van der Waals surface area contributed by atoms with Gasteiger partial charge in [-0.2, -0.15) is 5.21 Å². The molecule has 9 nitrogen and oxygen atoms in total. The first-order chi connectivity index (χ1) is 7.89. The highest BCUT2D eigenvalue weighted by molar-refractivity contribution is 6.05. The number of H-pyrrole nitrogens is 1. The van der Waals surface area contributed by atoms with Crippen LogP contribution in [0.5, 0.6) is 0 Å². The van der Waals surface area contributed by atoms with Gasteiger partial charge in [0.2, 0.25) is 5.91 Å². The Morgan fingerprint density at radius 1 is 1.65 bits per heavy atom. The Morgan fingerprint density at radius 2 is 2.29 bits per heavy atom. The summed E-state index contributed by atoms with van der Waals surface area (Å²) in [5, 5.41) is 27.2. The number of hydrogen-bond acceptors (Lipinski definition) is 6. The molecular formula is C8H15N7O2. The zero-order valence-electron chi connectivity index (χ0n) is 9.80. The average Bonchev–Trinajstić information content (AvgIpc) is 2.81. The molecule has 0 spiro atoms. The molecule has 1 rings (SSSR count). The summed E-state index contributed by atoms with van der Waals surface area (Å²) in [5.74, 6) is -0.214. The Labute approximate surface area is 97.5 Å². The van der Waals surface area contributed by atoms with Crippen molar-refractivity contribution in [1.29, 1.82) is 0 Å². The molecule has 0 fully saturated rings. The quantitative estimate of drug-likeness (QED) is 0.234. The standard InChI is InChI=1S/C8H15N7O2/c1-4(5-11-14-15-12-5)10-7(16)8(2,3)6(9)13-17/h4,17H,1-3H3,(H2,9,13)(H,10,16)(H,11,12,14,15). The summed E-state index contributed by atoms with van der Waals surface area (Å²) in [6.45, 7) is 4.78. The molecule has 0 saturated heterocycles. The molecule has 0 bridgehead atoms. The summed E-state index contributed by atoms with van der Waals surface area (Å²) in [4.78, 5) is 11.9. The molecule has 0 radical (unpaired) electrons. The SMILES string of the molecule is CC(NC(=O)C(C)(C)C(N)=NO)c1nn[nH]n1. The van der Waals surface area contributed by atoms with Gasteiger partial charge in [-0.15, -0.1) is 10.2 Å². The predicted molar refractivity (Wildman–Crippen MR) is 57.9 cm³/mol. The molecule has 5 N–H and O–H groups in total. The molecule has 1 heterocycles. The van der Waals surface area contributed by atoms with Gasteiger partial charge in [0.15, 0.2) is 11.7 Å². The first kappa shape index (κ1) is 12.9. The molecule has 0 aliphatic carbocycles. The molecule has 0 aromatic carbocycles. The van der Waals surface area contributed by atoms with Gasteiger partial charge in [0.1, 0.15) is 5.41 Å². The molecule has 1 aromatic rings. The number of amides is 1. The Bertz CT molecular complexity index is 412. The fourth-order valence-corrected chi connectivity index (χ4v) is 1.04. The minimum absolute atomic E-state index is 0.171. The van der Waals surface area contributed by atoms with Crippen molar-refractivity contribution < 1.29 is 10.0 Å². The minimum Gasteiger partial charge on any atom is -0.409 e. The number of nitrogens with zero attached hydrogens (tertiary/aromatic N) is 4. The molecule has 1 atom stereocenters. The van der Waals surface area contributed by atoms with Crippen molar-refractivity contribution in [3.8, 4) is 0 Å². The number of carbonyl (C=O) groups is 1. The zero-order valence-corrected chi connectivity index (χ0v) is 9.80. The van der Waals surface area contributed by atoms with Gasteiger partial charge in [0.25, 0.3) is 0 Å². The van der Waals surface area contributed by atoms with Crippen LogP contribution in [0.4, 0.5) is 0 Å². The van der Waals surface area contributed by atoms with Crippen LogP contribution in [0.15, 0.2) is 5.16 Å². The topological polar surface area (TPSA) is 142 Å². The monoisotopic (exact) mass is 241 g/mol. The van der Waals surface area contributed by atoms with Crippen LogP contribution in [0, 0.1) is 5.41 Å². The molecule has 94 valence electrons. The van der Waals surface area contributed by atoms with Crippen LogP contribution < -0.4 is 11.1 Å². The Balaban J connectivity index is 2.73. The highest BCUT2D eigenvalue weighted by Crippen LogP contribution is 2.17. The van der Waals surface area contributed by atoms with Gasteiger partial charge in [0, 0.05) is 0 Å². The summed E-state index contributed by atoms with van der Waals surface area (Å²) in [6, 6.07) is -0.424. The second kappa shape index (κ2) is 4.76. The number of nitrogens with one attached hydrogen (secondary N) is 2. The molecular weight excluding hydrogens is 226 g/mol. The number of amidine groups is 1. The molecule has 0 saturated carbocycles. The third-order valence-electron chi connectivity index (χ3n) is 2.41. The van der Waals surface area contributed by atoms with E-state index >= 15 is 0 Å². The average molecular weight is 241 g/mol. The van der Waals surface area contributed by atoms with Crippen molar-refractivity contribution in [2.75, 3.05) is 0 Å². The number of aromatic amines is 1. The van der Waals surface area contributed by atoms with Crippen molar-refractivity contribution in [1.82, 2.24) is 25.9 Å². The maximum atomic E-state index is 11.9. The first-order valence-electron chi connectivity index (χ1n) is 4.92. The maximum absolute atomic E-state index is 11.9. The van der Waals surface area contributed by atoms with Crippen LogP contribution in [-0.2, 0) is 4.79 Å². The van der Waals surface area contributed by atoms with E-state index in [9.17, 15) is 4.79 Å². The van der Waals surface area contributed by atoms with Crippen LogP contribution in [0.25, 0.3) is 0 Å². The highest BCUT2D eigenvalue weighted by Gasteiger charge is 2.34. The molecule has 0 aliphatic rings. The van der Waals surface area contributed by atoms with E-state index in [1.165, 1.54) is 0 Å². The number of tetrazole rings is 1. The lowest BCUT2D eigenvalue weighted by atomic mass is 9.90.